The topological polar surface area (TPSA) is 175 Å². The Hall–Kier alpha value is -1.70. The summed E-state index contributed by atoms with van der Waals surface area (Å²) in [6.07, 6.45) is 32.3. The summed E-state index contributed by atoms with van der Waals surface area (Å²) in [6, 6.07) is -0.585. The number of aliphatic imine (C=N–C) groups is 1. The fraction of sp³-hybridized carbons (Fsp3) is 0.909. The lowest BCUT2D eigenvalue weighted by molar-refractivity contribution is -0.144. The molecule has 0 spiro atoms. The molecule has 0 heterocycles. The molecule has 1 amide bonds. The van der Waals surface area contributed by atoms with Crippen molar-refractivity contribution in [3.05, 3.63) is 0 Å². The predicted molar refractivity (Wildman–Crippen MR) is 246 cm³/mol. The minimum Gasteiger partial charge on any atom is -0.466 e. The molecule has 0 rings (SSSR count). The van der Waals surface area contributed by atoms with Gasteiger partial charge >= 0.3 is 11.9 Å². The van der Waals surface area contributed by atoms with E-state index >= 15 is 0 Å². The van der Waals surface area contributed by atoms with Gasteiger partial charge in [-0.1, -0.05) is 177 Å². The van der Waals surface area contributed by atoms with Gasteiger partial charge in [-0.3, -0.25) is 19.4 Å². The van der Waals surface area contributed by atoms with Gasteiger partial charge in [0.1, 0.15) is 0 Å². The molecule has 0 fully saturated rings. The number of nitrogens with two attached hydrogens (primary N) is 3. The Morgan fingerprint density at radius 3 is 1.40 bits per heavy atom. The van der Waals surface area contributed by atoms with Gasteiger partial charge < -0.3 is 36.9 Å². The van der Waals surface area contributed by atoms with Crippen molar-refractivity contribution in [2.24, 2.45) is 22.2 Å². The number of ether oxygens (including phenoxy) is 2. The molecule has 0 saturated carbocycles. The van der Waals surface area contributed by atoms with Crippen LogP contribution in [0.5, 0.6) is 0 Å². The summed E-state index contributed by atoms with van der Waals surface area (Å²) in [4.78, 5) is 43.5. The Balaban J connectivity index is 4.34. The Labute approximate surface area is 357 Å². The molecule has 0 aliphatic rings. The van der Waals surface area contributed by atoms with E-state index in [9.17, 15) is 14.4 Å². The second kappa shape index (κ2) is 43.9. The summed E-state index contributed by atoms with van der Waals surface area (Å²) in [5, 5.41) is 2.89. The van der Waals surface area contributed by atoms with Crippen molar-refractivity contribution in [1.82, 2.24) is 10.2 Å². The van der Waals surface area contributed by atoms with E-state index in [-0.39, 0.29) is 23.8 Å². The normalized spacial score (nSPS) is 11.8. The third-order valence-corrected chi connectivity index (χ3v) is 12.5. The summed E-state index contributed by atoms with van der Waals surface area (Å²) in [7, 11) is 3.39. The van der Waals surface area contributed by atoms with Crippen LogP contribution >= 0.6 is 21.6 Å². The van der Waals surface area contributed by atoms with Gasteiger partial charge in [0.25, 0.3) is 0 Å². The van der Waals surface area contributed by atoms with Gasteiger partial charge in [-0.05, 0) is 25.7 Å². The largest absolute Gasteiger partial charge is 0.466 e. The first-order valence-corrected chi connectivity index (χ1v) is 25.7. The van der Waals surface area contributed by atoms with Gasteiger partial charge in [0, 0.05) is 44.2 Å². The number of nitrogens with zero attached hydrogens (tertiary/aromatic N) is 2. The van der Waals surface area contributed by atoms with Gasteiger partial charge in [-0.2, -0.15) is 0 Å². The number of esters is 2. The Bertz CT molecular complexity index is 914. The van der Waals surface area contributed by atoms with Crippen LogP contribution in [0.15, 0.2) is 4.99 Å². The van der Waals surface area contributed by atoms with E-state index in [2.05, 4.69) is 29.1 Å². The summed E-state index contributed by atoms with van der Waals surface area (Å²) in [5.74, 6) is 1.08. The fourth-order valence-corrected chi connectivity index (χ4v) is 8.45. The van der Waals surface area contributed by atoms with E-state index in [1.807, 2.05) is 0 Å². The molecule has 336 valence electrons. The summed E-state index contributed by atoms with van der Waals surface area (Å²) in [5.41, 5.74) is 16.6. The smallest absolute Gasteiger partial charge is 0.307 e. The van der Waals surface area contributed by atoms with Crippen LogP contribution in [0, 0.1) is 0 Å². The predicted octanol–water partition coefficient (Wildman–Crippen LogP) is 9.44. The molecular formula is C44H88N6O5S2. The van der Waals surface area contributed by atoms with Crippen molar-refractivity contribution in [2.75, 3.05) is 57.4 Å². The first kappa shape index (κ1) is 55.3. The highest BCUT2D eigenvalue weighted by Gasteiger charge is 2.14. The number of nitrogens with one attached hydrogen (secondary N) is 1. The highest BCUT2D eigenvalue weighted by Crippen LogP contribution is 2.20. The molecule has 1 unspecified atom stereocenters. The molecule has 0 saturated heterocycles. The average Bonchev–Trinajstić information content (AvgIpc) is 3.20. The summed E-state index contributed by atoms with van der Waals surface area (Å²) >= 11 is 0. The van der Waals surface area contributed by atoms with Gasteiger partial charge in [-0.15, -0.1) is 0 Å². The number of hydrogen-bond donors (Lipinski definition) is 4. The molecule has 11 nitrogen and oxygen atoms in total. The molecule has 0 bridgehead atoms. The lowest BCUT2D eigenvalue weighted by atomic mass is 10.1. The number of amides is 1. The minimum absolute atomic E-state index is 0.0381. The molecule has 0 aromatic rings. The van der Waals surface area contributed by atoms with Crippen molar-refractivity contribution in [3.63, 3.8) is 0 Å². The van der Waals surface area contributed by atoms with Crippen LogP contribution in [0.25, 0.3) is 0 Å². The van der Waals surface area contributed by atoms with Crippen molar-refractivity contribution >= 4 is 45.4 Å². The molecule has 57 heavy (non-hydrogen) atoms. The summed E-state index contributed by atoms with van der Waals surface area (Å²) in [6.45, 7) is 8.29. The number of rotatable bonds is 44. The molecular weight excluding hydrogens is 757 g/mol. The third kappa shape index (κ3) is 42.2. The van der Waals surface area contributed by atoms with Crippen molar-refractivity contribution < 1.29 is 23.9 Å². The average molecular weight is 845 g/mol. The molecule has 0 aromatic carbocycles. The zero-order valence-electron chi connectivity index (χ0n) is 36.7. The number of carbonyl (C=O) groups is 3. The highest BCUT2D eigenvalue weighted by atomic mass is 33.1. The highest BCUT2D eigenvalue weighted by molar-refractivity contribution is 8.76. The zero-order chi connectivity index (χ0) is 41.9. The van der Waals surface area contributed by atoms with E-state index in [4.69, 9.17) is 26.7 Å². The van der Waals surface area contributed by atoms with Crippen LogP contribution in [0.1, 0.15) is 194 Å². The van der Waals surface area contributed by atoms with E-state index in [1.54, 1.807) is 21.6 Å². The quantitative estimate of drug-likeness (QED) is 0.0151. The van der Waals surface area contributed by atoms with Crippen LogP contribution in [0.3, 0.4) is 0 Å². The Morgan fingerprint density at radius 2 is 0.982 bits per heavy atom. The SMILES string of the molecule is CCCCCCCCCCCCCCOC(=O)CCN(CCSSCCNC(=O)C(N)CCCN=C(N)N)CCC(=O)OCCCCCCCCCCCCCC. The fourth-order valence-electron chi connectivity index (χ4n) is 6.52. The Kier molecular flexibility index (Phi) is 42.6. The van der Waals surface area contributed by atoms with E-state index < -0.39 is 6.04 Å². The molecule has 0 aliphatic carbocycles. The maximum Gasteiger partial charge on any atom is 0.307 e. The van der Waals surface area contributed by atoms with E-state index in [1.165, 1.54) is 128 Å². The molecule has 7 N–H and O–H groups in total. The maximum absolute atomic E-state index is 12.6. The van der Waals surface area contributed by atoms with Crippen LogP contribution in [0.4, 0.5) is 0 Å². The van der Waals surface area contributed by atoms with Crippen LogP contribution in [-0.4, -0.2) is 92.2 Å². The second-order valence-electron chi connectivity index (χ2n) is 15.6. The lowest BCUT2D eigenvalue weighted by Crippen LogP contribution is -2.41. The van der Waals surface area contributed by atoms with Crippen LogP contribution < -0.4 is 22.5 Å². The summed E-state index contributed by atoms with van der Waals surface area (Å²) < 4.78 is 11.1. The Morgan fingerprint density at radius 1 is 0.579 bits per heavy atom. The van der Waals surface area contributed by atoms with Crippen molar-refractivity contribution in [2.45, 2.75) is 200 Å². The van der Waals surface area contributed by atoms with Gasteiger partial charge in [-0.25, -0.2) is 0 Å². The van der Waals surface area contributed by atoms with Crippen LogP contribution in [0.2, 0.25) is 0 Å². The maximum atomic E-state index is 12.6. The first-order valence-electron chi connectivity index (χ1n) is 23.2. The van der Waals surface area contributed by atoms with Gasteiger partial charge in [0.05, 0.1) is 32.1 Å². The number of hydrogen-bond acceptors (Lipinski definition) is 10. The molecule has 0 radical (unpaired) electrons. The second-order valence-corrected chi connectivity index (χ2v) is 18.3. The standard InChI is InChI=1S/C44H88N6O5S2/c1-3-5-7-9-11-13-15-17-19-21-23-25-36-54-41(51)29-33-50(35-39-57-56-38-32-48-43(53)40(45)28-27-31-49-44(46)47)34-30-42(52)55-37-26-24-22-20-18-16-14-12-10-8-6-4-2/h40H,3-39,45H2,1-2H3,(H,48,53)(H4,46,47,49). The van der Waals surface area contributed by atoms with E-state index in [0.29, 0.717) is 65.1 Å². The molecule has 0 aromatic heterocycles. The number of carbonyl (C=O) groups excluding carboxylic acids is 3. The third-order valence-electron chi connectivity index (χ3n) is 10.1. The molecule has 0 aliphatic heterocycles. The lowest BCUT2D eigenvalue weighted by Gasteiger charge is -2.21. The monoisotopic (exact) mass is 845 g/mol. The molecule has 13 heteroatoms. The number of unbranched alkanes of at least 4 members (excludes halogenated alkanes) is 22. The van der Waals surface area contributed by atoms with Gasteiger partial charge in [0.2, 0.25) is 5.91 Å². The zero-order valence-corrected chi connectivity index (χ0v) is 38.4. The van der Waals surface area contributed by atoms with Gasteiger partial charge in [0.15, 0.2) is 5.96 Å². The van der Waals surface area contributed by atoms with Crippen LogP contribution in [-0.2, 0) is 23.9 Å². The number of guanidine groups is 1. The molecule has 1 atom stereocenters. The van der Waals surface area contributed by atoms with Crippen molar-refractivity contribution in [1.29, 1.82) is 0 Å². The van der Waals surface area contributed by atoms with E-state index in [0.717, 1.165) is 43.7 Å². The van der Waals surface area contributed by atoms with Crippen molar-refractivity contribution in [3.8, 4) is 0 Å². The minimum atomic E-state index is -0.585. The first-order chi connectivity index (χ1) is 27.8.